The molecule has 3 nitrogen and oxygen atoms in total. The summed E-state index contributed by atoms with van der Waals surface area (Å²) in [6.45, 7) is 2.36. The lowest BCUT2D eigenvalue weighted by molar-refractivity contribution is 0.670. The summed E-state index contributed by atoms with van der Waals surface area (Å²) in [5, 5.41) is 2.24. The quantitative estimate of drug-likeness (QED) is 0.186. The molecule has 0 saturated carbocycles. The Hall–Kier alpha value is -6.58. The first-order chi connectivity index (χ1) is 25.2. The van der Waals surface area contributed by atoms with E-state index >= 15 is 0 Å². The average Bonchev–Trinajstić information content (AvgIpc) is 3.72. The van der Waals surface area contributed by atoms with Gasteiger partial charge in [-0.15, -0.1) is 0 Å². The van der Waals surface area contributed by atoms with Crippen LogP contribution in [0.2, 0.25) is 0 Å². The number of furan rings is 1. The highest BCUT2D eigenvalue weighted by atomic mass is 16.3. The van der Waals surface area contributed by atoms with E-state index in [0.717, 1.165) is 61.1 Å². The zero-order chi connectivity index (χ0) is 33.9. The molecule has 2 heterocycles. The molecular formula is C48H32N2O. The van der Waals surface area contributed by atoms with Crippen LogP contribution in [0.1, 0.15) is 23.6 Å². The summed E-state index contributed by atoms with van der Waals surface area (Å²) in [5.74, 6) is 0.697. The molecule has 0 radical (unpaired) electrons. The molecule has 0 fully saturated rings. The van der Waals surface area contributed by atoms with Crippen LogP contribution in [-0.2, 0) is 5.41 Å². The number of fused-ring (bicyclic) bond motifs is 6. The van der Waals surface area contributed by atoms with Crippen LogP contribution in [0, 0.1) is 0 Å². The highest BCUT2D eigenvalue weighted by molar-refractivity contribution is 6.09. The summed E-state index contributed by atoms with van der Waals surface area (Å²) in [5.41, 5.74) is 14.8. The molecule has 0 saturated heterocycles. The van der Waals surface area contributed by atoms with E-state index in [2.05, 4.69) is 153 Å². The fourth-order valence-corrected chi connectivity index (χ4v) is 8.16. The third-order valence-electron chi connectivity index (χ3n) is 10.6. The van der Waals surface area contributed by atoms with E-state index in [-0.39, 0.29) is 5.41 Å². The minimum absolute atomic E-state index is 0.368. The summed E-state index contributed by atoms with van der Waals surface area (Å²) >= 11 is 0. The lowest BCUT2D eigenvalue weighted by Gasteiger charge is -2.30. The Balaban J connectivity index is 1.19. The Morgan fingerprint density at radius 1 is 0.451 bits per heavy atom. The van der Waals surface area contributed by atoms with Crippen LogP contribution < -0.4 is 0 Å². The maximum Gasteiger partial charge on any atom is 0.160 e. The van der Waals surface area contributed by atoms with Crippen molar-refractivity contribution in [2.75, 3.05) is 0 Å². The summed E-state index contributed by atoms with van der Waals surface area (Å²) in [7, 11) is 0. The average molecular weight is 653 g/mol. The molecule has 1 unspecified atom stereocenters. The minimum Gasteiger partial charge on any atom is -0.455 e. The largest absolute Gasteiger partial charge is 0.455 e. The van der Waals surface area contributed by atoms with Crippen molar-refractivity contribution in [2.45, 2.75) is 12.3 Å². The summed E-state index contributed by atoms with van der Waals surface area (Å²) in [6.07, 6.45) is 0. The molecule has 240 valence electrons. The highest BCUT2D eigenvalue weighted by Gasteiger charge is 2.42. The van der Waals surface area contributed by atoms with Gasteiger partial charge in [0.05, 0.1) is 11.4 Å². The van der Waals surface area contributed by atoms with Gasteiger partial charge in [-0.3, -0.25) is 0 Å². The van der Waals surface area contributed by atoms with E-state index in [1.165, 1.54) is 27.8 Å². The lowest BCUT2D eigenvalue weighted by atomic mass is 9.72. The van der Waals surface area contributed by atoms with Crippen LogP contribution in [0.15, 0.2) is 180 Å². The van der Waals surface area contributed by atoms with E-state index in [1.807, 2.05) is 30.3 Å². The summed E-state index contributed by atoms with van der Waals surface area (Å²) in [6, 6.07) is 62.0. The number of benzene rings is 7. The summed E-state index contributed by atoms with van der Waals surface area (Å²) in [4.78, 5) is 10.5. The third-order valence-corrected chi connectivity index (χ3v) is 10.6. The van der Waals surface area contributed by atoms with Gasteiger partial charge in [0, 0.05) is 38.4 Å². The van der Waals surface area contributed by atoms with Crippen molar-refractivity contribution in [1.82, 2.24) is 9.97 Å². The molecule has 2 aromatic heterocycles. The molecule has 0 bridgehead atoms. The molecule has 1 aliphatic carbocycles. The van der Waals surface area contributed by atoms with Crippen molar-refractivity contribution in [3.05, 3.63) is 193 Å². The topological polar surface area (TPSA) is 38.9 Å². The third kappa shape index (κ3) is 4.59. The van der Waals surface area contributed by atoms with Gasteiger partial charge in [-0.1, -0.05) is 158 Å². The Morgan fingerprint density at radius 2 is 1.06 bits per heavy atom. The summed E-state index contributed by atoms with van der Waals surface area (Å²) < 4.78 is 6.44. The molecule has 9 aromatic rings. The van der Waals surface area contributed by atoms with Crippen LogP contribution in [-0.4, -0.2) is 9.97 Å². The van der Waals surface area contributed by atoms with Crippen molar-refractivity contribution in [2.24, 2.45) is 0 Å². The first kappa shape index (κ1) is 29.3. The van der Waals surface area contributed by atoms with Crippen molar-refractivity contribution in [1.29, 1.82) is 0 Å². The minimum atomic E-state index is -0.368. The predicted molar refractivity (Wildman–Crippen MR) is 208 cm³/mol. The van der Waals surface area contributed by atoms with E-state index in [4.69, 9.17) is 14.4 Å². The number of rotatable bonds is 5. The van der Waals surface area contributed by atoms with Crippen LogP contribution in [0.3, 0.4) is 0 Å². The van der Waals surface area contributed by atoms with Gasteiger partial charge in [-0.25, -0.2) is 9.97 Å². The van der Waals surface area contributed by atoms with E-state index in [9.17, 15) is 0 Å². The molecule has 1 atom stereocenters. The second-order valence-electron chi connectivity index (χ2n) is 13.5. The normalized spacial score (nSPS) is 14.8. The van der Waals surface area contributed by atoms with E-state index < -0.39 is 0 Å². The fourth-order valence-electron chi connectivity index (χ4n) is 8.16. The zero-order valence-electron chi connectivity index (χ0n) is 28.0. The predicted octanol–water partition coefficient (Wildman–Crippen LogP) is 12.4. The molecular weight excluding hydrogens is 621 g/mol. The Kier molecular flexibility index (Phi) is 6.62. The maximum atomic E-state index is 6.44. The second-order valence-corrected chi connectivity index (χ2v) is 13.5. The SMILES string of the molecule is CC1(c2ccccc2)c2ccccc2-c2cccc(-c3cc(-c4cccc(-c5cccc6c5oc5ccccc56)c4)nc(-c4ccccc4)n3)c21. The van der Waals surface area contributed by atoms with Gasteiger partial charge in [0.2, 0.25) is 0 Å². The van der Waals surface area contributed by atoms with Gasteiger partial charge < -0.3 is 4.42 Å². The molecule has 0 aliphatic heterocycles. The number of para-hydroxylation sites is 2. The second kappa shape index (κ2) is 11.5. The highest BCUT2D eigenvalue weighted by Crippen LogP contribution is 2.55. The molecule has 10 rings (SSSR count). The first-order valence-corrected chi connectivity index (χ1v) is 17.4. The number of hydrogen-bond acceptors (Lipinski definition) is 3. The van der Waals surface area contributed by atoms with Crippen LogP contribution in [0.4, 0.5) is 0 Å². The van der Waals surface area contributed by atoms with Gasteiger partial charge in [0.15, 0.2) is 5.82 Å². The zero-order valence-corrected chi connectivity index (χ0v) is 28.0. The number of nitrogens with zero attached hydrogens (tertiary/aromatic N) is 2. The van der Waals surface area contributed by atoms with Gasteiger partial charge in [-0.2, -0.15) is 0 Å². The molecule has 51 heavy (non-hydrogen) atoms. The van der Waals surface area contributed by atoms with E-state index in [1.54, 1.807) is 0 Å². The van der Waals surface area contributed by atoms with Crippen LogP contribution in [0.25, 0.3) is 78.1 Å². The first-order valence-electron chi connectivity index (χ1n) is 17.4. The van der Waals surface area contributed by atoms with Crippen LogP contribution >= 0.6 is 0 Å². The van der Waals surface area contributed by atoms with Crippen molar-refractivity contribution in [3.63, 3.8) is 0 Å². The van der Waals surface area contributed by atoms with Crippen LogP contribution in [0.5, 0.6) is 0 Å². The Bertz CT molecular complexity index is 2760. The van der Waals surface area contributed by atoms with Gasteiger partial charge >= 0.3 is 0 Å². The molecule has 0 amide bonds. The Morgan fingerprint density at radius 3 is 1.94 bits per heavy atom. The monoisotopic (exact) mass is 652 g/mol. The van der Waals surface area contributed by atoms with Crippen molar-refractivity contribution in [3.8, 4) is 56.2 Å². The van der Waals surface area contributed by atoms with Gasteiger partial charge in [0.25, 0.3) is 0 Å². The molecule has 1 aliphatic rings. The molecule has 3 heteroatoms. The molecule has 0 spiro atoms. The Labute approximate surface area is 296 Å². The standard InChI is InChI=1S/C48H32N2O/c1-48(34-19-6-3-7-20-34)41-27-10-8-21-36(41)38-24-14-26-40(45(38)48)43-30-42(49-47(50-43)31-15-4-2-5-16-31)33-18-12-17-32(29-33)35-23-13-25-39-37-22-9-11-28-44(37)51-46(35)39/h2-30H,1H3. The van der Waals surface area contributed by atoms with Gasteiger partial charge in [-0.05, 0) is 58.5 Å². The van der Waals surface area contributed by atoms with Gasteiger partial charge in [0.1, 0.15) is 11.2 Å². The number of hydrogen-bond donors (Lipinski definition) is 0. The molecule has 0 N–H and O–H groups in total. The smallest absolute Gasteiger partial charge is 0.160 e. The van der Waals surface area contributed by atoms with Crippen molar-refractivity contribution >= 4 is 21.9 Å². The van der Waals surface area contributed by atoms with E-state index in [0.29, 0.717) is 5.82 Å². The maximum absolute atomic E-state index is 6.44. The lowest BCUT2D eigenvalue weighted by Crippen LogP contribution is -2.23. The number of aromatic nitrogens is 2. The van der Waals surface area contributed by atoms with Crippen molar-refractivity contribution < 1.29 is 4.42 Å². The fraction of sp³-hybridized carbons (Fsp3) is 0.0417. The molecule has 7 aromatic carbocycles.